The van der Waals surface area contributed by atoms with Crippen LogP contribution in [0.25, 0.3) is 0 Å². The minimum atomic E-state index is -0.0224. The van der Waals surface area contributed by atoms with Crippen molar-refractivity contribution in [2.45, 2.75) is 70.4 Å². The lowest BCUT2D eigenvalue weighted by Crippen LogP contribution is -2.56. The number of hydrogen-bond donors (Lipinski definition) is 1. The molecule has 2 heteroatoms. The van der Waals surface area contributed by atoms with Crippen molar-refractivity contribution in [1.82, 2.24) is 5.32 Å². The summed E-state index contributed by atoms with van der Waals surface area (Å²) in [6.07, 6.45) is 10.1. The Kier molecular flexibility index (Phi) is 3.60. The lowest BCUT2D eigenvalue weighted by molar-refractivity contribution is -0.0138. The van der Waals surface area contributed by atoms with Gasteiger partial charge in [-0.2, -0.15) is 0 Å². The number of methoxy groups -OCH3 is 1. The number of nitrogens with one attached hydrogen (secondary N) is 1. The van der Waals surface area contributed by atoms with Crippen molar-refractivity contribution in [3.05, 3.63) is 0 Å². The quantitative estimate of drug-likeness (QED) is 0.794. The van der Waals surface area contributed by atoms with E-state index in [1.807, 2.05) is 0 Å². The Morgan fingerprint density at radius 1 is 1.19 bits per heavy atom. The maximum Gasteiger partial charge on any atom is 0.0746 e. The molecule has 2 fully saturated rings. The molecule has 1 unspecified atom stereocenters. The molecule has 0 amide bonds. The first-order valence-electron chi connectivity index (χ1n) is 6.87. The van der Waals surface area contributed by atoms with E-state index in [1.54, 1.807) is 7.11 Å². The molecule has 2 aliphatic rings. The van der Waals surface area contributed by atoms with Crippen LogP contribution in [0.1, 0.15) is 58.8 Å². The van der Waals surface area contributed by atoms with E-state index in [-0.39, 0.29) is 5.60 Å². The summed E-state index contributed by atoms with van der Waals surface area (Å²) < 4.78 is 5.47. The van der Waals surface area contributed by atoms with E-state index in [1.165, 1.54) is 44.9 Å². The van der Waals surface area contributed by atoms with Crippen LogP contribution in [0, 0.1) is 5.41 Å². The first-order chi connectivity index (χ1) is 7.58. The van der Waals surface area contributed by atoms with E-state index in [9.17, 15) is 0 Å². The first-order valence-corrected chi connectivity index (χ1v) is 6.87. The lowest BCUT2D eigenvalue weighted by Gasteiger charge is -2.53. The highest BCUT2D eigenvalue weighted by atomic mass is 16.5. The number of ether oxygens (including phenoxy) is 1. The standard InChI is InChI=1S/C14H27NO/c1-13(2,16-3)11-15-12-7-10-14(12)8-5-4-6-9-14/h12,15H,4-11H2,1-3H3. The summed E-state index contributed by atoms with van der Waals surface area (Å²) in [4.78, 5) is 0. The van der Waals surface area contributed by atoms with Crippen molar-refractivity contribution in [1.29, 1.82) is 0 Å². The van der Waals surface area contributed by atoms with Gasteiger partial charge in [0.05, 0.1) is 5.60 Å². The minimum Gasteiger partial charge on any atom is -0.377 e. The lowest BCUT2D eigenvalue weighted by atomic mass is 9.57. The molecule has 0 aromatic rings. The molecule has 2 saturated carbocycles. The van der Waals surface area contributed by atoms with E-state index in [0.717, 1.165) is 12.6 Å². The third-order valence-electron chi connectivity index (χ3n) is 4.85. The van der Waals surface area contributed by atoms with E-state index in [4.69, 9.17) is 4.74 Å². The van der Waals surface area contributed by atoms with Crippen LogP contribution >= 0.6 is 0 Å². The third kappa shape index (κ3) is 2.43. The van der Waals surface area contributed by atoms with Crippen molar-refractivity contribution in [3.8, 4) is 0 Å². The van der Waals surface area contributed by atoms with Crippen LogP contribution in [0.2, 0.25) is 0 Å². The van der Waals surface area contributed by atoms with E-state index < -0.39 is 0 Å². The smallest absolute Gasteiger partial charge is 0.0746 e. The molecule has 2 nitrogen and oxygen atoms in total. The number of hydrogen-bond acceptors (Lipinski definition) is 2. The van der Waals surface area contributed by atoms with Gasteiger partial charge in [0.1, 0.15) is 0 Å². The van der Waals surface area contributed by atoms with Gasteiger partial charge in [-0.15, -0.1) is 0 Å². The summed E-state index contributed by atoms with van der Waals surface area (Å²) >= 11 is 0. The molecule has 0 aliphatic heterocycles. The van der Waals surface area contributed by atoms with E-state index >= 15 is 0 Å². The van der Waals surface area contributed by atoms with Crippen molar-refractivity contribution in [2.24, 2.45) is 5.41 Å². The van der Waals surface area contributed by atoms with Gasteiger partial charge >= 0.3 is 0 Å². The molecular weight excluding hydrogens is 198 g/mol. The molecule has 2 rings (SSSR count). The summed E-state index contributed by atoms with van der Waals surface area (Å²) in [5, 5.41) is 3.75. The zero-order chi connectivity index (χ0) is 11.6. The fourth-order valence-corrected chi connectivity index (χ4v) is 3.31. The van der Waals surface area contributed by atoms with Crippen molar-refractivity contribution in [3.63, 3.8) is 0 Å². The topological polar surface area (TPSA) is 21.3 Å². The molecule has 2 aliphatic carbocycles. The molecule has 0 heterocycles. The summed E-state index contributed by atoms with van der Waals surface area (Å²) in [6.45, 7) is 5.30. The summed E-state index contributed by atoms with van der Waals surface area (Å²) in [7, 11) is 1.80. The minimum absolute atomic E-state index is 0.0224. The van der Waals surface area contributed by atoms with Crippen LogP contribution in [-0.4, -0.2) is 25.3 Å². The Hall–Kier alpha value is -0.0800. The molecule has 1 spiro atoms. The van der Waals surface area contributed by atoms with Gasteiger partial charge in [-0.05, 0) is 44.9 Å². The van der Waals surface area contributed by atoms with Crippen molar-refractivity contribution < 1.29 is 4.74 Å². The average Bonchev–Trinajstić information content (AvgIpc) is 2.29. The maximum atomic E-state index is 5.47. The first kappa shape index (κ1) is 12.4. The van der Waals surface area contributed by atoms with Crippen LogP contribution < -0.4 is 5.32 Å². The predicted octanol–water partition coefficient (Wildman–Crippen LogP) is 3.11. The van der Waals surface area contributed by atoms with Crippen molar-refractivity contribution >= 4 is 0 Å². The van der Waals surface area contributed by atoms with Gasteiger partial charge in [-0.3, -0.25) is 0 Å². The van der Waals surface area contributed by atoms with Gasteiger partial charge in [0, 0.05) is 19.7 Å². The third-order valence-corrected chi connectivity index (χ3v) is 4.85. The van der Waals surface area contributed by atoms with Crippen LogP contribution in [0.15, 0.2) is 0 Å². The average molecular weight is 225 g/mol. The van der Waals surface area contributed by atoms with Gasteiger partial charge in [0.25, 0.3) is 0 Å². The van der Waals surface area contributed by atoms with Crippen LogP contribution in [0.4, 0.5) is 0 Å². The monoisotopic (exact) mass is 225 g/mol. The molecule has 16 heavy (non-hydrogen) atoms. The molecule has 0 bridgehead atoms. The predicted molar refractivity (Wildman–Crippen MR) is 67.6 cm³/mol. The second-order valence-electron chi connectivity index (χ2n) is 6.36. The fraction of sp³-hybridized carbons (Fsp3) is 1.00. The highest BCUT2D eigenvalue weighted by Gasteiger charge is 2.46. The zero-order valence-electron chi connectivity index (χ0n) is 11.1. The van der Waals surface area contributed by atoms with Gasteiger partial charge < -0.3 is 10.1 Å². The zero-order valence-corrected chi connectivity index (χ0v) is 11.1. The highest BCUT2D eigenvalue weighted by molar-refractivity contribution is 5.02. The molecule has 0 aromatic carbocycles. The van der Waals surface area contributed by atoms with Crippen molar-refractivity contribution in [2.75, 3.05) is 13.7 Å². The fourth-order valence-electron chi connectivity index (χ4n) is 3.31. The summed E-state index contributed by atoms with van der Waals surface area (Å²) in [6, 6.07) is 0.766. The maximum absolute atomic E-state index is 5.47. The van der Waals surface area contributed by atoms with Gasteiger partial charge in [-0.1, -0.05) is 19.3 Å². The molecule has 0 radical (unpaired) electrons. The second kappa shape index (κ2) is 4.66. The Labute approximate surface area is 100 Å². The van der Waals surface area contributed by atoms with Gasteiger partial charge in [0.2, 0.25) is 0 Å². The molecular formula is C14H27NO. The Bertz CT molecular complexity index is 231. The second-order valence-corrected chi connectivity index (χ2v) is 6.36. The highest BCUT2D eigenvalue weighted by Crippen LogP contribution is 2.51. The molecule has 1 atom stereocenters. The molecule has 0 aromatic heterocycles. The Balaban J connectivity index is 1.82. The van der Waals surface area contributed by atoms with E-state index in [0.29, 0.717) is 5.41 Å². The van der Waals surface area contributed by atoms with Gasteiger partial charge in [-0.25, -0.2) is 0 Å². The Morgan fingerprint density at radius 3 is 2.38 bits per heavy atom. The largest absolute Gasteiger partial charge is 0.377 e. The molecule has 1 N–H and O–H groups in total. The molecule has 0 saturated heterocycles. The summed E-state index contributed by atoms with van der Waals surface area (Å²) in [5.74, 6) is 0. The van der Waals surface area contributed by atoms with Crippen LogP contribution in [0.3, 0.4) is 0 Å². The summed E-state index contributed by atoms with van der Waals surface area (Å²) in [5.41, 5.74) is 0.646. The number of rotatable bonds is 4. The van der Waals surface area contributed by atoms with Crippen LogP contribution in [-0.2, 0) is 4.74 Å². The van der Waals surface area contributed by atoms with Crippen LogP contribution in [0.5, 0.6) is 0 Å². The normalized spacial score (nSPS) is 29.1. The Morgan fingerprint density at radius 2 is 1.88 bits per heavy atom. The molecule has 94 valence electrons. The van der Waals surface area contributed by atoms with Gasteiger partial charge in [0.15, 0.2) is 0 Å². The van der Waals surface area contributed by atoms with E-state index in [2.05, 4.69) is 19.2 Å². The SMILES string of the molecule is COC(C)(C)CNC1CCC12CCCCC2.